The zero-order valence-corrected chi connectivity index (χ0v) is 9.83. The fraction of sp³-hybridized carbons (Fsp3) is 0.667. The third kappa shape index (κ3) is 2.32. The molecule has 1 aromatic heterocycles. The minimum Gasteiger partial charge on any atom is -0.481 e. The van der Waals surface area contributed by atoms with Crippen molar-refractivity contribution in [1.29, 1.82) is 0 Å². The minimum absolute atomic E-state index is 0.585. The van der Waals surface area contributed by atoms with Gasteiger partial charge in [0.15, 0.2) is 0 Å². The lowest BCUT2D eigenvalue weighted by molar-refractivity contribution is 0.388. The summed E-state index contributed by atoms with van der Waals surface area (Å²) < 4.78 is 5.36. The van der Waals surface area contributed by atoms with Crippen LogP contribution in [-0.2, 0) is 19.3 Å². The molecule has 88 valence electrons. The van der Waals surface area contributed by atoms with Crippen molar-refractivity contribution in [3.8, 4) is 5.88 Å². The number of nitrogens with two attached hydrogens (primary N) is 1. The lowest BCUT2D eigenvalue weighted by atomic mass is 10.1. The molecule has 0 spiro atoms. The van der Waals surface area contributed by atoms with Crippen molar-refractivity contribution in [3.63, 3.8) is 0 Å². The molecular formula is C12H19N3O. The van der Waals surface area contributed by atoms with Crippen LogP contribution in [0.4, 0.5) is 0 Å². The van der Waals surface area contributed by atoms with E-state index in [1.165, 1.54) is 30.5 Å². The Hall–Kier alpha value is -1.16. The summed E-state index contributed by atoms with van der Waals surface area (Å²) in [5, 5.41) is 0. The molecule has 1 aliphatic carbocycles. The third-order valence-corrected chi connectivity index (χ3v) is 3.00. The average Bonchev–Trinajstić information content (AvgIpc) is 2.53. The second-order valence-electron chi connectivity index (χ2n) is 4.17. The van der Waals surface area contributed by atoms with E-state index in [0.717, 1.165) is 31.0 Å². The summed E-state index contributed by atoms with van der Waals surface area (Å²) in [6, 6.07) is 0. The van der Waals surface area contributed by atoms with Gasteiger partial charge in [0, 0.05) is 12.0 Å². The Kier molecular flexibility index (Phi) is 3.72. The Morgan fingerprint density at radius 3 is 2.75 bits per heavy atom. The van der Waals surface area contributed by atoms with E-state index in [0.29, 0.717) is 6.54 Å². The zero-order chi connectivity index (χ0) is 11.4. The van der Waals surface area contributed by atoms with Gasteiger partial charge < -0.3 is 10.5 Å². The van der Waals surface area contributed by atoms with Gasteiger partial charge in [0.05, 0.1) is 12.8 Å². The molecule has 2 N–H and O–H groups in total. The number of ether oxygens (including phenoxy) is 1. The van der Waals surface area contributed by atoms with E-state index in [4.69, 9.17) is 10.5 Å². The number of methoxy groups -OCH3 is 1. The molecule has 0 fully saturated rings. The van der Waals surface area contributed by atoms with E-state index >= 15 is 0 Å². The van der Waals surface area contributed by atoms with Crippen LogP contribution in [0, 0.1) is 0 Å². The summed E-state index contributed by atoms with van der Waals surface area (Å²) in [6.07, 6.45) is 6.51. The van der Waals surface area contributed by atoms with Gasteiger partial charge in [0.25, 0.3) is 0 Å². The van der Waals surface area contributed by atoms with Gasteiger partial charge in [-0.3, -0.25) is 0 Å². The lowest BCUT2D eigenvalue weighted by Gasteiger charge is -2.11. The van der Waals surface area contributed by atoms with Gasteiger partial charge in [-0.2, -0.15) is 4.98 Å². The van der Waals surface area contributed by atoms with E-state index in [1.807, 2.05) is 0 Å². The Balaban J connectivity index is 2.38. The molecule has 1 heterocycles. The smallest absolute Gasteiger partial charge is 0.219 e. The first-order valence-electron chi connectivity index (χ1n) is 5.98. The largest absolute Gasteiger partial charge is 0.481 e. The second kappa shape index (κ2) is 5.25. The highest BCUT2D eigenvalue weighted by atomic mass is 16.5. The van der Waals surface area contributed by atoms with Crippen LogP contribution in [0.3, 0.4) is 0 Å². The van der Waals surface area contributed by atoms with Gasteiger partial charge in [-0.1, -0.05) is 6.42 Å². The highest BCUT2D eigenvalue weighted by Crippen LogP contribution is 2.26. The first-order chi connectivity index (χ1) is 7.85. The zero-order valence-electron chi connectivity index (χ0n) is 9.83. The first kappa shape index (κ1) is 11.3. The van der Waals surface area contributed by atoms with Crippen molar-refractivity contribution in [2.24, 2.45) is 5.73 Å². The fourth-order valence-corrected chi connectivity index (χ4v) is 2.20. The molecule has 1 aliphatic rings. The number of hydrogen-bond donors (Lipinski definition) is 1. The average molecular weight is 221 g/mol. The van der Waals surface area contributed by atoms with E-state index < -0.39 is 0 Å². The quantitative estimate of drug-likeness (QED) is 0.780. The fourth-order valence-electron chi connectivity index (χ4n) is 2.20. The number of aryl methyl sites for hydroxylation is 1. The number of hydrogen-bond acceptors (Lipinski definition) is 4. The van der Waals surface area contributed by atoms with Crippen LogP contribution in [0.15, 0.2) is 0 Å². The van der Waals surface area contributed by atoms with Gasteiger partial charge in [-0.25, -0.2) is 4.98 Å². The van der Waals surface area contributed by atoms with Crippen LogP contribution in [0.1, 0.15) is 36.3 Å². The van der Waals surface area contributed by atoms with Crippen LogP contribution in [0.25, 0.3) is 0 Å². The third-order valence-electron chi connectivity index (χ3n) is 3.00. The molecule has 2 rings (SSSR count). The Morgan fingerprint density at radius 1 is 1.19 bits per heavy atom. The summed E-state index contributed by atoms with van der Waals surface area (Å²) in [4.78, 5) is 9.02. The standard InChI is InChI=1S/C12H19N3O/c1-16-12-9-5-3-2-4-6-10(9)14-11(15-12)7-8-13/h2-8,13H2,1H3. The van der Waals surface area contributed by atoms with E-state index in [-0.39, 0.29) is 0 Å². The van der Waals surface area contributed by atoms with Gasteiger partial charge in [-0.15, -0.1) is 0 Å². The summed E-state index contributed by atoms with van der Waals surface area (Å²) in [5.74, 6) is 1.58. The molecule has 0 aliphatic heterocycles. The first-order valence-corrected chi connectivity index (χ1v) is 5.98. The normalized spacial score (nSPS) is 15.4. The van der Waals surface area contributed by atoms with E-state index in [9.17, 15) is 0 Å². The molecular weight excluding hydrogens is 202 g/mol. The summed E-state index contributed by atoms with van der Waals surface area (Å²) >= 11 is 0. The Bertz CT molecular complexity index is 366. The maximum Gasteiger partial charge on any atom is 0.219 e. The topological polar surface area (TPSA) is 61.0 Å². The highest BCUT2D eigenvalue weighted by molar-refractivity contribution is 5.32. The maximum atomic E-state index is 5.54. The second-order valence-corrected chi connectivity index (χ2v) is 4.17. The van der Waals surface area contributed by atoms with Crippen molar-refractivity contribution in [2.45, 2.75) is 38.5 Å². The molecule has 0 aromatic carbocycles. The number of fused-ring (bicyclic) bond motifs is 1. The van der Waals surface area contributed by atoms with E-state index in [2.05, 4.69) is 9.97 Å². The van der Waals surface area contributed by atoms with Gasteiger partial charge >= 0.3 is 0 Å². The van der Waals surface area contributed by atoms with Gasteiger partial charge in [-0.05, 0) is 32.2 Å². The maximum absolute atomic E-state index is 5.54. The lowest BCUT2D eigenvalue weighted by Crippen LogP contribution is -2.11. The predicted molar refractivity (Wildman–Crippen MR) is 62.6 cm³/mol. The number of nitrogens with zero attached hydrogens (tertiary/aromatic N) is 2. The van der Waals surface area contributed by atoms with Crippen LogP contribution < -0.4 is 10.5 Å². The van der Waals surface area contributed by atoms with Gasteiger partial charge in [0.2, 0.25) is 5.88 Å². The van der Waals surface area contributed by atoms with Crippen molar-refractivity contribution < 1.29 is 4.74 Å². The number of aromatic nitrogens is 2. The Labute approximate surface area is 96.2 Å². The van der Waals surface area contributed by atoms with E-state index in [1.54, 1.807) is 7.11 Å². The summed E-state index contributed by atoms with van der Waals surface area (Å²) in [6.45, 7) is 0.585. The molecule has 1 aromatic rings. The molecule has 0 unspecified atom stereocenters. The SMILES string of the molecule is COc1nc(CCN)nc2c1CCCCC2. The molecule has 0 amide bonds. The van der Waals surface area contributed by atoms with Crippen molar-refractivity contribution >= 4 is 0 Å². The van der Waals surface area contributed by atoms with Crippen molar-refractivity contribution in [2.75, 3.05) is 13.7 Å². The molecule has 4 heteroatoms. The molecule has 4 nitrogen and oxygen atoms in total. The molecule has 16 heavy (non-hydrogen) atoms. The predicted octanol–water partition coefficient (Wildman–Crippen LogP) is 1.26. The number of rotatable bonds is 3. The van der Waals surface area contributed by atoms with Crippen LogP contribution >= 0.6 is 0 Å². The van der Waals surface area contributed by atoms with Crippen molar-refractivity contribution in [1.82, 2.24) is 9.97 Å². The van der Waals surface area contributed by atoms with Crippen LogP contribution in [0.2, 0.25) is 0 Å². The van der Waals surface area contributed by atoms with Crippen LogP contribution in [-0.4, -0.2) is 23.6 Å². The molecule has 0 saturated heterocycles. The summed E-state index contributed by atoms with van der Waals surface area (Å²) in [5.41, 5.74) is 7.92. The summed E-state index contributed by atoms with van der Waals surface area (Å²) in [7, 11) is 1.68. The molecule has 0 atom stereocenters. The minimum atomic E-state index is 0.585. The highest BCUT2D eigenvalue weighted by Gasteiger charge is 2.16. The Morgan fingerprint density at radius 2 is 2.00 bits per heavy atom. The van der Waals surface area contributed by atoms with Crippen LogP contribution in [0.5, 0.6) is 5.88 Å². The monoisotopic (exact) mass is 221 g/mol. The van der Waals surface area contributed by atoms with Gasteiger partial charge in [0.1, 0.15) is 5.82 Å². The molecule has 0 saturated carbocycles. The molecule has 0 bridgehead atoms. The van der Waals surface area contributed by atoms with Crippen molar-refractivity contribution in [3.05, 3.63) is 17.1 Å². The molecule has 0 radical (unpaired) electrons.